The highest BCUT2D eigenvalue weighted by molar-refractivity contribution is 5.95. The Kier molecular flexibility index (Phi) is 4.88. The van der Waals surface area contributed by atoms with Crippen LogP contribution in [0.4, 0.5) is 5.69 Å². The van der Waals surface area contributed by atoms with Gasteiger partial charge in [0.25, 0.3) is 0 Å². The van der Waals surface area contributed by atoms with Crippen molar-refractivity contribution in [2.24, 2.45) is 5.92 Å². The molecule has 1 aromatic carbocycles. The van der Waals surface area contributed by atoms with Gasteiger partial charge in [-0.1, -0.05) is 19.8 Å². The molecule has 1 aromatic rings. The molecular formula is C16H23NO3. The van der Waals surface area contributed by atoms with Gasteiger partial charge in [-0.3, -0.25) is 0 Å². The molecule has 1 aliphatic rings. The molecule has 4 heteroatoms. The minimum atomic E-state index is -0.344. The Balaban J connectivity index is 2.04. The van der Waals surface area contributed by atoms with E-state index in [0.717, 1.165) is 25.7 Å². The normalized spacial score (nSPS) is 22.3. The molecule has 0 aromatic heterocycles. The molecule has 4 nitrogen and oxygen atoms in total. The van der Waals surface area contributed by atoms with Gasteiger partial charge < -0.3 is 15.2 Å². The van der Waals surface area contributed by atoms with Gasteiger partial charge in [0.05, 0.1) is 12.7 Å². The number of benzene rings is 1. The lowest BCUT2D eigenvalue weighted by molar-refractivity contribution is 0.0141. The lowest BCUT2D eigenvalue weighted by atomic mass is 9.85. The van der Waals surface area contributed by atoms with Crippen LogP contribution in [0.25, 0.3) is 0 Å². The van der Waals surface area contributed by atoms with Crippen molar-refractivity contribution in [2.45, 2.75) is 45.1 Å². The molecule has 0 aliphatic heterocycles. The molecule has 2 atom stereocenters. The van der Waals surface area contributed by atoms with Crippen molar-refractivity contribution in [3.05, 3.63) is 23.8 Å². The maximum absolute atomic E-state index is 12.2. The van der Waals surface area contributed by atoms with Crippen molar-refractivity contribution in [3.8, 4) is 5.75 Å². The van der Waals surface area contributed by atoms with Crippen LogP contribution in [0.15, 0.2) is 18.2 Å². The van der Waals surface area contributed by atoms with E-state index in [4.69, 9.17) is 15.2 Å². The van der Waals surface area contributed by atoms with Crippen LogP contribution in [0.5, 0.6) is 5.75 Å². The van der Waals surface area contributed by atoms with E-state index in [2.05, 4.69) is 6.92 Å². The van der Waals surface area contributed by atoms with Gasteiger partial charge in [-0.25, -0.2) is 4.79 Å². The molecule has 0 spiro atoms. The number of esters is 1. The number of methoxy groups -OCH3 is 1. The number of nitrogen functional groups attached to an aromatic ring is 1. The highest BCUT2D eigenvalue weighted by Crippen LogP contribution is 2.29. The molecule has 0 radical (unpaired) electrons. The van der Waals surface area contributed by atoms with E-state index in [9.17, 15) is 4.79 Å². The van der Waals surface area contributed by atoms with E-state index in [1.54, 1.807) is 25.3 Å². The van der Waals surface area contributed by atoms with Crippen LogP contribution in [0.3, 0.4) is 0 Å². The lowest BCUT2D eigenvalue weighted by Gasteiger charge is -2.28. The van der Waals surface area contributed by atoms with E-state index in [1.165, 1.54) is 6.42 Å². The molecule has 0 amide bonds. The summed E-state index contributed by atoms with van der Waals surface area (Å²) in [6.07, 6.45) is 5.45. The van der Waals surface area contributed by atoms with Crippen LogP contribution in [-0.4, -0.2) is 19.2 Å². The minimum Gasteiger partial charge on any atom is -0.497 e. The van der Waals surface area contributed by atoms with E-state index >= 15 is 0 Å². The Bertz CT molecular complexity index is 473. The highest BCUT2D eigenvalue weighted by Gasteiger charge is 2.25. The Morgan fingerprint density at radius 2 is 2.20 bits per heavy atom. The van der Waals surface area contributed by atoms with Gasteiger partial charge in [-0.15, -0.1) is 0 Å². The Morgan fingerprint density at radius 3 is 2.90 bits per heavy atom. The fourth-order valence-corrected chi connectivity index (χ4v) is 2.77. The second kappa shape index (κ2) is 6.64. The first kappa shape index (κ1) is 14.7. The third kappa shape index (κ3) is 3.44. The number of ether oxygens (including phenoxy) is 2. The largest absolute Gasteiger partial charge is 0.497 e. The topological polar surface area (TPSA) is 61.5 Å². The van der Waals surface area contributed by atoms with E-state index in [-0.39, 0.29) is 12.1 Å². The van der Waals surface area contributed by atoms with Crippen LogP contribution in [0.2, 0.25) is 0 Å². The summed E-state index contributed by atoms with van der Waals surface area (Å²) in [7, 11) is 1.56. The summed E-state index contributed by atoms with van der Waals surface area (Å²) in [5.41, 5.74) is 6.67. The molecule has 1 saturated carbocycles. The van der Waals surface area contributed by atoms with Crippen LogP contribution < -0.4 is 10.5 Å². The molecule has 2 unspecified atom stereocenters. The Morgan fingerprint density at radius 1 is 1.40 bits per heavy atom. The first-order chi connectivity index (χ1) is 9.63. The third-order valence-corrected chi connectivity index (χ3v) is 4.07. The van der Waals surface area contributed by atoms with Gasteiger partial charge in [0, 0.05) is 5.69 Å². The maximum Gasteiger partial charge on any atom is 0.340 e. The number of anilines is 1. The van der Waals surface area contributed by atoms with Gasteiger partial charge in [0.2, 0.25) is 0 Å². The average molecular weight is 277 g/mol. The first-order valence-corrected chi connectivity index (χ1v) is 7.28. The molecule has 0 heterocycles. The lowest BCUT2D eigenvalue weighted by Crippen LogP contribution is -2.25. The number of hydrogen-bond acceptors (Lipinski definition) is 4. The molecule has 0 saturated heterocycles. The molecule has 1 aliphatic carbocycles. The van der Waals surface area contributed by atoms with Crippen molar-refractivity contribution in [1.29, 1.82) is 0 Å². The molecule has 2 rings (SSSR count). The predicted molar refractivity (Wildman–Crippen MR) is 78.9 cm³/mol. The zero-order chi connectivity index (χ0) is 14.5. The summed E-state index contributed by atoms with van der Waals surface area (Å²) < 4.78 is 10.7. The van der Waals surface area contributed by atoms with Crippen molar-refractivity contribution in [1.82, 2.24) is 0 Å². The van der Waals surface area contributed by atoms with Crippen molar-refractivity contribution in [2.75, 3.05) is 12.8 Å². The van der Waals surface area contributed by atoms with Crippen LogP contribution in [0, 0.1) is 5.92 Å². The Labute approximate surface area is 120 Å². The van der Waals surface area contributed by atoms with Crippen molar-refractivity contribution in [3.63, 3.8) is 0 Å². The molecule has 2 N–H and O–H groups in total. The summed E-state index contributed by atoms with van der Waals surface area (Å²) in [5, 5.41) is 0. The monoisotopic (exact) mass is 277 g/mol. The van der Waals surface area contributed by atoms with Crippen molar-refractivity contribution < 1.29 is 14.3 Å². The first-order valence-electron chi connectivity index (χ1n) is 7.28. The highest BCUT2D eigenvalue weighted by atomic mass is 16.5. The minimum absolute atomic E-state index is 0.0202. The fourth-order valence-electron chi connectivity index (χ4n) is 2.77. The molecule has 1 fully saturated rings. The van der Waals surface area contributed by atoms with E-state index in [0.29, 0.717) is 22.9 Å². The molecule has 0 bridgehead atoms. The number of hydrogen-bond donors (Lipinski definition) is 1. The fraction of sp³-hybridized carbons (Fsp3) is 0.562. The van der Waals surface area contributed by atoms with E-state index in [1.807, 2.05) is 0 Å². The van der Waals surface area contributed by atoms with Crippen LogP contribution in [0.1, 0.15) is 49.4 Å². The number of carbonyl (C=O) groups excluding carboxylic acids is 1. The van der Waals surface area contributed by atoms with Gasteiger partial charge in [-0.2, -0.15) is 0 Å². The van der Waals surface area contributed by atoms with E-state index < -0.39 is 0 Å². The quantitative estimate of drug-likeness (QED) is 0.676. The van der Waals surface area contributed by atoms with Gasteiger partial charge in [0.15, 0.2) is 0 Å². The molecule has 110 valence electrons. The second-order valence-electron chi connectivity index (χ2n) is 5.42. The summed E-state index contributed by atoms with van der Waals surface area (Å²) in [6, 6.07) is 5.04. The maximum atomic E-state index is 12.2. The number of carbonyl (C=O) groups is 1. The summed E-state index contributed by atoms with van der Waals surface area (Å²) in [6.45, 7) is 2.19. The summed E-state index contributed by atoms with van der Waals surface area (Å²) in [4.78, 5) is 12.2. The van der Waals surface area contributed by atoms with Gasteiger partial charge in [0.1, 0.15) is 11.9 Å². The summed E-state index contributed by atoms with van der Waals surface area (Å²) in [5.74, 6) is 0.939. The van der Waals surface area contributed by atoms with Gasteiger partial charge >= 0.3 is 5.97 Å². The number of nitrogens with two attached hydrogens (primary N) is 1. The standard InChI is InChI=1S/C16H23NO3/c1-3-11-5-4-6-13(9-11)20-16(18)14-10-12(19-2)7-8-15(14)17/h7-8,10-11,13H,3-6,9,17H2,1-2H3. The number of rotatable bonds is 4. The smallest absolute Gasteiger partial charge is 0.340 e. The molecular weight excluding hydrogens is 254 g/mol. The summed E-state index contributed by atoms with van der Waals surface area (Å²) >= 11 is 0. The zero-order valence-electron chi connectivity index (χ0n) is 12.2. The van der Waals surface area contributed by atoms with Crippen molar-refractivity contribution >= 4 is 11.7 Å². The zero-order valence-corrected chi connectivity index (χ0v) is 12.2. The third-order valence-electron chi connectivity index (χ3n) is 4.07. The molecule has 20 heavy (non-hydrogen) atoms. The Hall–Kier alpha value is -1.71. The average Bonchev–Trinajstić information content (AvgIpc) is 2.47. The van der Waals surface area contributed by atoms with Crippen LogP contribution >= 0.6 is 0 Å². The van der Waals surface area contributed by atoms with Gasteiger partial charge in [-0.05, 0) is 43.4 Å². The van der Waals surface area contributed by atoms with Crippen LogP contribution in [-0.2, 0) is 4.74 Å². The predicted octanol–water partition coefficient (Wildman–Crippen LogP) is 3.40. The SMILES string of the molecule is CCC1CCCC(OC(=O)c2cc(OC)ccc2N)C1. The second-order valence-corrected chi connectivity index (χ2v) is 5.42.